The van der Waals surface area contributed by atoms with E-state index < -0.39 is 109 Å². The lowest BCUT2D eigenvalue weighted by atomic mass is 10.0. The van der Waals surface area contributed by atoms with E-state index in [9.17, 15) is 53.7 Å². The van der Waals surface area contributed by atoms with Gasteiger partial charge in [-0.05, 0) is 102 Å². The van der Waals surface area contributed by atoms with Crippen molar-refractivity contribution in [2.45, 2.75) is 147 Å². The number of unbranched alkanes of at least 4 members (excludes halogenated alkanes) is 2. The number of phenols is 1. The summed E-state index contributed by atoms with van der Waals surface area (Å²) in [5.41, 5.74) is 17.8. The Morgan fingerprint density at radius 2 is 1.19 bits per heavy atom. The van der Waals surface area contributed by atoms with Gasteiger partial charge in [0.2, 0.25) is 47.3 Å². The molecule has 2 rings (SSSR count). The zero-order valence-corrected chi connectivity index (χ0v) is 42.9. The number of nitrogens with two attached hydrogens (primary N) is 3. The Kier molecular flexibility index (Phi) is 29.4. The molecular formula is C47H80N16O11. The van der Waals surface area contributed by atoms with Crippen molar-refractivity contribution in [1.82, 2.24) is 62.8 Å². The predicted molar refractivity (Wildman–Crippen MR) is 272 cm³/mol. The number of guanidine groups is 1. The molecule has 0 aliphatic carbocycles. The first-order valence-corrected chi connectivity index (χ1v) is 25.0. The van der Waals surface area contributed by atoms with E-state index >= 15 is 0 Å². The van der Waals surface area contributed by atoms with Crippen LogP contribution in [0, 0.1) is 11.3 Å². The second-order valence-electron chi connectivity index (χ2n) is 18.1. The fourth-order valence-corrected chi connectivity index (χ4v) is 7.28. The molecule has 0 radical (unpaired) electrons. The van der Waals surface area contributed by atoms with Crippen LogP contribution >= 0.6 is 0 Å². The van der Waals surface area contributed by atoms with Gasteiger partial charge in [-0.25, -0.2) is 0 Å². The lowest BCUT2D eigenvalue weighted by molar-refractivity contribution is -0.136. The molecule has 7 atom stereocenters. The van der Waals surface area contributed by atoms with Crippen molar-refractivity contribution < 1.29 is 53.7 Å². The van der Waals surface area contributed by atoms with Gasteiger partial charge in [0.15, 0.2) is 5.96 Å². The highest BCUT2D eigenvalue weighted by Gasteiger charge is 2.33. The first kappa shape index (κ1) is 63.1. The SMILES string of the molecule is CCn1cc(CCC(=O)N[C@@H](CCCCN)C(=O)NCC(=O)N[C@H](C(=O)N[C@@H](CO)C(=O)N[C@@H](CCCCN)C(=O)N[C@@H](CO)C(=O)N[C@@H](Cc2ccc(O)cc2)C(=O)N[C@H](C)CCCNC(=N)N)C(C)C)nn1. The summed E-state index contributed by atoms with van der Waals surface area (Å²) in [5, 5.41) is 68.7. The van der Waals surface area contributed by atoms with E-state index in [1.54, 1.807) is 43.8 Å². The minimum Gasteiger partial charge on any atom is -0.508 e. The molecule has 0 aliphatic rings. The maximum absolute atomic E-state index is 13.8. The second-order valence-corrected chi connectivity index (χ2v) is 18.1. The number of benzene rings is 1. The molecule has 27 heteroatoms. The van der Waals surface area contributed by atoms with Gasteiger partial charge in [0.05, 0.1) is 25.5 Å². The Bertz CT molecular complexity index is 2110. The number of hydrogen-bond donors (Lipinski definition) is 16. The minimum atomic E-state index is -1.65. The lowest BCUT2D eigenvalue weighted by Crippen LogP contribution is -2.61. The van der Waals surface area contributed by atoms with Crippen LogP contribution in [-0.2, 0) is 57.7 Å². The number of nitrogens with zero attached hydrogens (tertiary/aromatic N) is 3. The monoisotopic (exact) mass is 1040 g/mol. The van der Waals surface area contributed by atoms with Crippen molar-refractivity contribution in [3.63, 3.8) is 0 Å². The van der Waals surface area contributed by atoms with E-state index in [-0.39, 0.29) is 50.0 Å². The largest absolute Gasteiger partial charge is 0.508 e. The summed E-state index contributed by atoms with van der Waals surface area (Å²) in [5.74, 6) is -6.97. The molecule has 74 heavy (non-hydrogen) atoms. The quantitative estimate of drug-likeness (QED) is 0.0175. The van der Waals surface area contributed by atoms with Crippen molar-refractivity contribution in [2.24, 2.45) is 23.1 Å². The normalized spacial score (nSPS) is 13.9. The molecule has 0 unspecified atom stereocenters. The maximum Gasteiger partial charge on any atom is 0.245 e. The van der Waals surface area contributed by atoms with Gasteiger partial charge in [-0.3, -0.25) is 48.4 Å². The second kappa shape index (κ2) is 34.5. The number of hydrogen-bond acceptors (Lipinski definition) is 16. The van der Waals surface area contributed by atoms with Crippen LogP contribution in [0.15, 0.2) is 30.5 Å². The Hall–Kier alpha value is -6.97. The molecule has 2 aromatic rings. The fraction of sp³-hybridized carbons (Fsp3) is 0.638. The number of carbonyl (C=O) groups excluding carboxylic acids is 8. The van der Waals surface area contributed by atoms with Gasteiger partial charge in [0, 0.05) is 44.6 Å². The molecule has 0 bridgehead atoms. The maximum atomic E-state index is 13.8. The van der Waals surface area contributed by atoms with Crippen molar-refractivity contribution in [3.8, 4) is 5.75 Å². The summed E-state index contributed by atoms with van der Waals surface area (Å²) in [6, 6.07) is -2.59. The van der Waals surface area contributed by atoms with Crippen molar-refractivity contribution >= 4 is 53.2 Å². The lowest BCUT2D eigenvalue weighted by Gasteiger charge is -2.27. The molecule has 414 valence electrons. The highest BCUT2D eigenvalue weighted by molar-refractivity contribution is 5.97. The van der Waals surface area contributed by atoms with Gasteiger partial charge < -0.3 is 80.4 Å². The van der Waals surface area contributed by atoms with Crippen molar-refractivity contribution in [1.29, 1.82) is 5.41 Å². The number of aromatic nitrogens is 3. The minimum absolute atomic E-state index is 0.0229. The van der Waals surface area contributed by atoms with Crippen LogP contribution < -0.4 is 65.1 Å². The van der Waals surface area contributed by atoms with E-state index in [1.807, 2.05) is 6.92 Å². The van der Waals surface area contributed by atoms with Gasteiger partial charge in [-0.1, -0.05) is 31.2 Å². The smallest absolute Gasteiger partial charge is 0.245 e. The Morgan fingerprint density at radius 3 is 1.73 bits per heavy atom. The molecule has 1 heterocycles. The zero-order chi connectivity index (χ0) is 55.2. The highest BCUT2D eigenvalue weighted by Crippen LogP contribution is 2.13. The Morgan fingerprint density at radius 1 is 0.649 bits per heavy atom. The van der Waals surface area contributed by atoms with Crippen molar-refractivity contribution in [3.05, 3.63) is 41.7 Å². The van der Waals surface area contributed by atoms with Crippen LogP contribution in [0.1, 0.15) is 96.7 Å². The molecule has 1 aromatic carbocycles. The molecule has 0 saturated heterocycles. The Labute approximate surface area is 431 Å². The van der Waals surface area contributed by atoms with Crippen LogP contribution in [0.5, 0.6) is 5.75 Å². The average Bonchev–Trinajstić information content (AvgIpc) is 3.84. The number of amides is 8. The number of aliphatic hydroxyl groups is 2. The first-order chi connectivity index (χ1) is 35.2. The predicted octanol–water partition coefficient (Wildman–Crippen LogP) is -4.13. The van der Waals surface area contributed by atoms with Crippen LogP contribution in [0.3, 0.4) is 0 Å². The van der Waals surface area contributed by atoms with Crippen LogP contribution in [0.25, 0.3) is 0 Å². The summed E-state index contributed by atoms with van der Waals surface area (Å²) in [6.07, 6.45) is 5.09. The van der Waals surface area contributed by atoms with E-state index in [2.05, 4.69) is 58.2 Å². The molecule has 8 amide bonds. The third-order valence-electron chi connectivity index (χ3n) is 11.5. The summed E-state index contributed by atoms with van der Waals surface area (Å²) in [6.45, 7) is 6.02. The number of rotatable bonds is 36. The van der Waals surface area contributed by atoms with Crippen molar-refractivity contribution in [2.75, 3.05) is 39.4 Å². The van der Waals surface area contributed by atoms with Gasteiger partial charge >= 0.3 is 0 Å². The molecule has 0 fully saturated rings. The van der Waals surface area contributed by atoms with E-state index in [4.69, 9.17) is 22.6 Å². The van der Waals surface area contributed by atoms with Gasteiger partial charge in [-0.2, -0.15) is 0 Å². The van der Waals surface area contributed by atoms with Gasteiger partial charge in [-0.15, -0.1) is 5.10 Å². The Balaban J connectivity index is 2.13. The molecular weight excluding hydrogens is 965 g/mol. The number of carbonyl (C=O) groups is 8. The fourth-order valence-electron chi connectivity index (χ4n) is 7.28. The number of aliphatic hydroxyl groups excluding tert-OH is 2. The van der Waals surface area contributed by atoms with E-state index in [0.717, 1.165) is 0 Å². The standard InChI is InChI=1S/C47H80N16O11/c1-5-63-25-31(61-62-63)16-19-38(67)55-33(12-6-8-20-48)41(69)53-24-39(68)60-40(28(2)3)46(74)59-37(27-65)44(72)56-34(13-7-9-21-49)42(70)58-36(26-64)45(73)57-35(23-30-14-17-32(66)18-15-30)43(71)54-29(4)11-10-22-52-47(50)51/h14-15,17-18,25,28-29,33-37,40,64-66H,5-13,16,19-24,26-27,48-49H2,1-4H3,(H,53,69)(H,54,71)(H,55,67)(H,56,72)(H,57,73)(H,58,70)(H,59,74)(H,60,68)(H4,50,51,52)/t29-,33+,34+,35+,36+,37+,40+/m1/s1. The first-order valence-electron chi connectivity index (χ1n) is 25.0. The topological polar surface area (TPSA) is 438 Å². The summed E-state index contributed by atoms with van der Waals surface area (Å²) in [4.78, 5) is 107. The number of aryl methyl sites for hydroxylation is 2. The molecule has 0 spiro atoms. The molecule has 19 N–H and O–H groups in total. The average molecular weight is 1050 g/mol. The summed E-state index contributed by atoms with van der Waals surface area (Å²) in [7, 11) is 0. The third-order valence-corrected chi connectivity index (χ3v) is 11.5. The van der Waals surface area contributed by atoms with Crippen LogP contribution in [0.2, 0.25) is 0 Å². The molecule has 1 aromatic heterocycles. The number of nitrogens with one attached hydrogen (secondary N) is 10. The van der Waals surface area contributed by atoms with Crippen LogP contribution in [0.4, 0.5) is 0 Å². The highest BCUT2D eigenvalue weighted by atomic mass is 16.3. The number of aromatic hydroxyl groups is 1. The van der Waals surface area contributed by atoms with E-state index in [0.29, 0.717) is 75.8 Å². The third kappa shape index (κ3) is 24.2. The van der Waals surface area contributed by atoms with Gasteiger partial charge in [0.1, 0.15) is 42.0 Å². The van der Waals surface area contributed by atoms with Gasteiger partial charge in [0.25, 0.3) is 0 Å². The van der Waals surface area contributed by atoms with E-state index in [1.165, 1.54) is 12.1 Å². The van der Waals surface area contributed by atoms with Crippen LogP contribution in [-0.4, -0.2) is 165 Å². The zero-order valence-electron chi connectivity index (χ0n) is 42.9. The summed E-state index contributed by atoms with van der Waals surface area (Å²) >= 11 is 0. The molecule has 0 saturated carbocycles. The summed E-state index contributed by atoms with van der Waals surface area (Å²) < 4.78 is 1.62. The number of phenolic OH excluding ortho intramolecular Hbond substituents is 1. The molecule has 0 aliphatic heterocycles. The molecule has 27 nitrogen and oxygen atoms in total.